The molecule has 6 heteroatoms. The van der Waals surface area contributed by atoms with Crippen molar-refractivity contribution in [3.8, 4) is 5.75 Å². The fourth-order valence-electron chi connectivity index (χ4n) is 1.97. The maximum atomic E-state index is 5.97. The van der Waals surface area contributed by atoms with Crippen LogP contribution >= 0.6 is 35.4 Å². The van der Waals surface area contributed by atoms with E-state index >= 15 is 0 Å². The second-order valence-electron chi connectivity index (χ2n) is 4.57. The summed E-state index contributed by atoms with van der Waals surface area (Å²) < 4.78 is 5.32. The van der Waals surface area contributed by atoms with Crippen LogP contribution in [0.5, 0.6) is 5.75 Å². The van der Waals surface area contributed by atoms with E-state index in [-0.39, 0.29) is 0 Å². The van der Waals surface area contributed by atoms with Gasteiger partial charge in [-0.15, -0.1) is 0 Å². The van der Waals surface area contributed by atoms with E-state index in [4.69, 9.17) is 40.2 Å². The second-order valence-corrected chi connectivity index (χ2v) is 5.79. The topological polar surface area (TPSA) is 33.3 Å². The molecule has 0 aromatic heterocycles. The highest BCUT2D eigenvalue weighted by atomic mass is 35.5. The van der Waals surface area contributed by atoms with Crippen molar-refractivity contribution in [3.05, 3.63) is 58.1 Å². The third-order valence-electron chi connectivity index (χ3n) is 3.05. The minimum atomic E-state index is 0.489. The first kappa shape index (κ1) is 16.9. The maximum absolute atomic E-state index is 5.97. The van der Waals surface area contributed by atoms with Gasteiger partial charge in [0.1, 0.15) is 5.75 Å². The van der Waals surface area contributed by atoms with Gasteiger partial charge in [-0.2, -0.15) is 0 Å². The number of anilines is 1. The Bertz CT molecular complexity index is 664. The Morgan fingerprint density at radius 2 is 1.91 bits per heavy atom. The summed E-state index contributed by atoms with van der Waals surface area (Å²) in [6, 6.07) is 13.2. The zero-order valence-corrected chi connectivity index (χ0v) is 14.4. The molecule has 2 rings (SSSR count). The highest BCUT2D eigenvalue weighted by molar-refractivity contribution is 7.80. The fourth-order valence-corrected chi connectivity index (χ4v) is 2.49. The van der Waals surface area contributed by atoms with Crippen molar-refractivity contribution in [2.75, 3.05) is 19.0 Å². The summed E-state index contributed by atoms with van der Waals surface area (Å²) in [5.41, 5.74) is 1.93. The monoisotopic (exact) mass is 354 g/mol. The van der Waals surface area contributed by atoms with Gasteiger partial charge in [0.15, 0.2) is 5.11 Å². The summed E-state index contributed by atoms with van der Waals surface area (Å²) in [5, 5.41) is 7.77. The summed E-state index contributed by atoms with van der Waals surface area (Å²) in [4.78, 5) is 0. The van der Waals surface area contributed by atoms with Crippen LogP contribution in [0.1, 0.15) is 5.56 Å². The van der Waals surface area contributed by atoms with Crippen LogP contribution < -0.4 is 15.4 Å². The summed E-state index contributed by atoms with van der Waals surface area (Å²) in [6.07, 6.45) is 0.813. The summed E-state index contributed by atoms with van der Waals surface area (Å²) in [7, 11) is 1.67. The van der Waals surface area contributed by atoms with Crippen molar-refractivity contribution < 1.29 is 4.74 Å². The Morgan fingerprint density at radius 1 is 1.14 bits per heavy atom. The van der Waals surface area contributed by atoms with E-state index in [1.165, 1.54) is 0 Å². The Balaban J connectivity index is 1.84. The van der Waals surface area contributed by atoms with Crippen molar-refractivity contribution >= 4 is 46.2 Å². The van der Waals surface area contributed by atoms with Gasteiger partial charge in [0.05, 0.1) is 17.2 Å². The number of hydrogen-bond acceptors (Lipinski definition) is 2. The van der Waals surface area contributed by atoms with Crippen molar-refractivity contribution in [3.63, 3.8) is 0 Å². The molecule has 0 fully saturated rings. The molecule has 22 heavy (non-hydrogen) atoms. The highest BCUT2D eigenvalue weighted by Gasteiger charge is 2.03. The molecule has 0 radical (unpaired) electrons. The highest BCUT2D eigenvalue weighted by Crippen LogP contribution is 2.24. The number of benzene rings is 2. The van der Waals surface area contributed by atoms with Crippen LogP contribution in [0, 0.1) is 0 Å². The Kier molecular flexibility index (Phi) is 6.31. The molecular formula is C16H16Cl2N2OS. The Labute approximate surface area is 145 Å². The molecule has 0 saturated heterocycles. The molecular weight excluding hydrogens is 339 g/mol. The minimum Gasteiger partial charge on any atom is -0.496 e. The number of ether oxygens (including phenoxy) is 1. The number of nitrogens with one attached hydrogen (secondary N) is 2. The lowest BCUT2D eigenvalue weighted by atomic mass is 10.1. The Hall–Kier alpha value is -1.49. The molecule has 3 nitrogen and oxygen atoms in total. The zero-order valence-electron chi connectivity index (χ0n) is 12.0. The van der Waals surface area contributed by atoms with E-state index in [0.29, 0.717) is 21.7 Å². The first-order valence-corrected chi connectivity index (χ1v) is 7.88. The van der Waals surface area contributed by atoms with Crippen LogP contribution in [0.2, 0.25) is 10.0 Å². The average Bonchev–Trinajstić information content (AvgIpc) is 2.51. The lowest BCUT2D eigenvalue weighted by Crippen LogP contribution is -2.30. The van der Waals surface area contributed by atoms with Crippen molar-refractivity contribution in [1.82, 2.24) is 5.32 Å². The van der Waals surface area contributed by atoms with Crippen LogP contribution in [0.25, 0.3) is 0 Å². The van der Waals surface area contributed by atoms with Gasteiger partial charge < -0.3 is 15.4 Å². The SMILES string of the molecule is COc1ccccc1CCNC(=S)Nc1ccc(Cl)c(Cl)c1. The maximum Gasteiger partial charge on any atom is 0.170 e. The number of methoxy groups -OCH3 is 1. The summed E-state index contributed by atoms with van der Waals surface area (Å²) in [6.45, 7) is 0.702. The number of halogens is 2. The first-order chi connectivity index (χ1) is 10.6. The van der Waals surface area contributed by atoms with Crippen LogP contribution in [-0.4, -0.2) is 18.8 Å². The smallest absolute Gasteiger partial charge is 0.170 e. The van der Waals surface area contributed by atoms with Gasteiger partial charge in [0.25, 0.3) is 0 Å². The molecule has 0 aliphatic carbocycles. The molecule has 0 heterocycles. The molecule has 116 valence electrons. The van der Waals surface area contributed by atoms with Gasteiger partial charge >= 0.3 is 0 Å². The summed E-state index contributed by atoms with van der Waals surface area (Å²) >= 11 is 17.1. The molecule has 2 N–H and O–H groups in total. The molecule has 0 saturated carbocycles. The number of para-hydroxylation sites is 1. The quantitative estimate of drug-likeness (QED) is 0.772. The second kappa shape index (κ2) is 8.22. The number of rotatable bonds is 5. The molecule has 2 aromatic carbocycles. The standard InChI is InChI=1S/C16H16Cl2N2OS/c1-21-15-5-3-2-4-11(15)8-9-19-16(22)20-12-6-7-13(17)14(18)10-12/h2-7,10H,8-9H2,1H3,(H2,19,20,22). The van der Waals surface area contributed by atoms with Crippen LogP contribution in [-0.2, 0) is 6.42 Å². The van der Waals surface area contributed by atoms with Crippen LogP contribution in [0.4, 0.5) is 5.69 Å². The predicted molar refractivity (Wildman–Crippen MR) is 97.4 cm³/mol. The normalized spacial score (nSPS) is 10.1. The zero-order chi connectivity index (χ0) is 15.9. The van der Waals surface area contributed by atoms with Crippen LogP contribution in [0.15, 0.2) is 42.5 Å². The Morgan fingerprint density at radius 3 is 2.64 bits per heavy atom. The van der Waals surface area contributed by atoms with Gasteiger partial charge in [-0.25, -0.2) is 0 Å². The molecule has 0 aliphatic rings. The van der Waals surface area contributed by atoms with Crippen molar-refractivity contribution in [2.45, 2.75) is 6.42 Å². The van der Waals surface area contributed by atoms with Gasteiger partial charge in [-0.05, 0) is 48.5 Å². The van der Waals surface area contributed by atoms with Crippen molar-refractivity contribution in [1.29, 1.82) is 0 Å². The van der Waals surface area contributed by atoms with E-state index < -0.39 is 0 Å². The van der Waals surface area contributed by atoms with E-state index in [9.17, 15) is 0 Å². The van der Waals surface area contributed by atoms with Gasteiger partial charge in [-0.3, -0.25) is 0 Å². The molecule has 2 aromatic rings. The molecule has 0 unspecified atom stereocenters. The average molecular weight is 355 g/mol. The van der Waals surface area contributed by atoms with Crippen molar-refractivity contribution in [2.24, 2.45) is 0 Å². The minimum absolute atomic E-state index is 0.489. The van der Waals surface area contributed by atoms with Gasteiger partial charge in [0.2, 0.25) is 0 Å². The first-order valence-electron chi connectivity index (χ1n) is 6.72. The lowest BCUT2D eigenvalue weighted by molar-refractivity contribution is 0.409. The number of hydrogen-bond donors (Lipinski definition) is 2. The van der Waals surface area contributed by atoms with E-state index in [2.05, 4.69) is 10.6 Å². The van der Waals surface area contributed by atoms with Gasteiger partial charge in [0, 0.05) is 12.2 Å². The van der Waals surface area contributed by atoms with Gasteiger partial charge in [-0.1, -0.05) is 41.4 Å². The molecule has 0 bridgehead atoms. The molecule has 0 aliphatic heterocycles. The summed E-state index contributed by atoms with van der Waals surface area (Å²) in [5.74, 6) is 0.882. The number of thiocarbonyl (C=S) groups is 1. The molecule has 0 atom stereocenters. The molecule has 0 spiro atoms. The predicted octanol–water partition coefficient (Wildman–Crippen LogP) is 4.53. The van der Waals surface area contributed by atoms with E-state index in [1.807, 2.05) is 30.3 Å². The van der Waals surface area contributed by atoms with E-state index in [0.717, 1.165) is 23.4 Å². The third kappa shape index (κ3) is 4.77. The largest absolute Gasteiger partial charge is 0.496 e. The molecule has 0 amide bonds. The fraction of sp³-hybridized carbons (Fsp3) is 0.188. The lowest BCUT2D eigenvalue weighted by Gasteiger charge is -2.12. The van der Waals surface area contributed by atoms with E-state index in [1.54, 1.807) is 19.2 Å². The third-order valence-corrected chi connectivity index (χ3v) is 4.04. The van der Waals surface area contributed by atoms with Crippen LogP contribution in [0.3, 0.4) is 0 Å².